The molecule has 0 N–H and O–H groups in total. The molecule has 0 spiro atoms. The highest BCUT2D eigenvalue weighted by Crippen LogP contribution is 2.07. The van der Waals surface area contributed by atoms with E-state index in [1.807, 2.05) is 12.1 Å². The quantitative estimate of drug-likeness (QED) is 0.705. The fourth-order valence-electron chi connectivity index (χ4n) is 1.17. The Morgan fingerprint density at radius 3 is 2.29 bits per heavy atom. The number of rotatable bonds is 2. The van der Waals surface area contributed by atoms with Crippen LogP contribution in [0.2, 0.25) is 5.28 Å². The first kappa shape index (κ1) is 9.09. The second-order valence-corrected chi connectivity index (χ2v) is 3.23. The molecule has 3 nitrogen and oxygen atoms in total. The standard InChI is InChI=1S/C10H8ClN3/c11-10-13-6-9(7-14-10)5-8-1-3-12-4-2-8/h1-4,6-7H,5H2. The van der Waals surface area contributed by atoms with Crippen LogP contribution < -0.4 is 0 Å². The summed E-state index contributed by atoms with van der Waals surface area (Å²) in [5.74, 6) is 0. The van der Waals surface area contributed by atoms with Crippen LogP contribution in [0.5, 0.6) is 0 Å². The number of hydrogen-bond donors (Lipinski definition) is 0. The van der Waals surface area contributed by atoms with E-state index >= 15 is 0 Å². The molecule has 2 rings (SSSR count). The molecule has 4 heteroatoms. The van der Waals surface area contributed by atoms with E-state index in [-0.39, 0.29) is 5.28 Å². The van der Waals surface area contributed by atoms with Crippen molar-refractivity contribution in [2.45, 2.75) is 6.42 Å². The zero-order chi connectivity index (χ0) is 9.80. The second kappa shape index (κ2) is 4.15. The monoisotopic (exact) mass is 205 g/mol. The highest BCUT2D eigenvalue weighted by molar-refractivity contribution is 6.28. The van der Waals surface area contributed by atoms with Crippen LogP contribution in [0.15, 0.2) is 36.9 Å². The molecule has 2 aromatic rings. The number of aromatic nitrogens is 3. The van der Waals surface area contributed by atoms with Crippen molar-refractivity contribution in [3.05, 3.63) is 53.3 Å². The Morgan fingerprint density at radius 2 is 1.64 bits per heavy atom. The largest absolute Gasteiger partial charge is 0.265 e. The summed E-state index contributed by atoms with van der Waals surface area (Å²) in [5, 5.41) is 0.281. The molecule has 0 bridgehead atoms. The zero-order valence-corrected chi connectivity index (χ0v) is 8.15. The molecule has 0 aromatic carbocycles. The fourth-order valence-corrected chi connectivity index (χ4v) is 1.26. The molecule has 0 aliphatic rings. The van der Waals surface area contributed by atoms with E-state index in [0.29, 0.717) is 0 Å². The third-order valence-electron chi connectivity index (χ3n) is 1.83. The van der Waals surface area contributed by atoms with Crippen LogP contribution in [-0.4, -0.2) is 15.0 Å². The summed E-state index contributed by atoms with van der Waals surface area (Å²) >= 11 is 5.58. The van der Waals surface area contributed by atoms with Crippen molar-refractivity contribution in [1.29, 1.82) is 0 Å². The van der Waals surface area contributed by atoms with Gasteiger partial charge in [-0.1, -0.05) is 0 Å². The molecule has 0 atom stereocenters. The van der Waals surface area contributed by atoms with Crippen LogP contribution in [0.25, 0.3) is 0 Å². The smallest absolute Gasteiger partial charge is 0.222 e. The topological polar surface area (TPSA) is 38.7 Å². The van der Waals surface area contributed by atoms with E-state index < -0.39 is 0 Å². The van der Waals surface area contributed by atoms with Crippen molar-refractivity contribution < 1.29 is 0 Å². The summed E-state index contributed by atoms with van der Waals surface area (Å²) in [6.45, 7) is 0. The highest BCUT2D eigenvalue weighted by atomic mass is 35.5. The van der Waals surface area contributed by atoms with Crippen molar-refractivity contribution >= 4 is 11.6 Å². The van der Waals surface area contributed by atoms with Crippen molar-refractivity contribution in [1.82, 2.24) is 15.0 Å². The first-order valence-electron chi connectivity index (χ1n) is 4.20. The van der Waals surface area contributed by atoms with Crippen LogP contribution in [0.3, 0.4) is 0 Å². The van der Waals surface area contributed by atoms with E-state index in [4.69, 9.17) is 11.6 Å². The summed E-state index contributed by atoms with van der Waals surface area (Å²) < 4.78 is 0. The minimum atomic E-state index is 0.281. The lowest BCUT2D eigenvalue weighted by Crippen LogP contribution is -1.91. The molecule has 0 fully saturated rings. The molecule has 0 amide bonds. The third-order valence-corrected chi connectivity index (χ3v) is 2.03. The van der Waals surface area contributed by atoms with Gasteiger partial charge in [0, 0.05) is 31.2 Å². The Balaban J connectivity index is 2.16. The summed E-state index contributed by atoms with van der Waals surface area (Å²) in [7, 11) is 0. The maximum Gasteiger partial charge on any atom is 0.222 e. The maximum atomic E-state index is 5.58. The maximum absolute atomic E-state index is 5.58. The Kier molecular flexibility index (Phi) is 2.70. The van der Waals surface area contributed by atoms with Crippen molar-refractivity contribution in [3.63, 3.8) is 0 Å². The van der Waals surface area contributed by atoms with Gasteiger partial charge < -0.3 is 0 Å². The molecule has 0 aliphatic heterocycles. The summed E-state index contributed by atoms with van der Waals surface area (Å²) in [6, 6.07) is 3.93. The molecular weight excluding hydrogens is 198 g/mol. The fraction of sp³-hybridized carbons (Fsp3) is 0.100. The Bertz CT molecular complexity index is 399. The minimum absolute atomic E-state index is 0.281. The third kappa shape index (κ3) is 2.26. The van der Waals surface area contributed by atoms with Gasteiger partial charge >= 0.3 is 0 Å². The van der Waals surface area contributed by atoms with Crippen molar-refractivity contribution in [3.8, 4) is 0 Å². The summed E-state index contributed by atoms with van der Waals surface area (Å²) in [6.07, 6.45) is 7.81. The average Bonchev–Trinajstić information content (AvgIpc) is 2.23. The first-order chi connectivity index (χ1) is 6.84. The Hall–Kier alpha value is -1.48. The molecule has 0 saturated carbocycles. The average molecular weight is 206 g/mol. The van der Waals surface area contributed by atoms with E-state index in [9.17, 15) is 0 Å². The molecule has 70 valence electrons. The van der Waals surface area contributed by atoms with Gasteiger partial charge in [-0.25, -0.2) is 9.97 Å². The van der Waals surface area contributed by atoms with Gasteiger partial charge in [0.25, 0.3) is 0 Å². The highest BCUT2D eigenvalue weighted by Gasteiger charge is 1.97. The molecule has 14 heavy (non-hydrogen) atoms. The van der Waals surface area contributed by atoms with Crippen LogP contribution in [0.4, 0.5) is 0 Å². The van der Waals surface area contributed by atoms with Crippen LogP contribution in [0.1, 0.15) is 11.1 Å². The van der Waals surface area contributed by atoms with E-state index in [0.717, 1.165) is 12.0 Å². The van der Waals surface area contributed by atoms with Gasteiger partial charge in [0.15, 0.2) is 0 Å². The van der Waals surface area contributed by atoms with Gasteiger partial charge in [0.2, 0.25) is 5.28 Å². The Labute approximate surface area is 86.8 Å². The normalized spacial score (nSPS) is 10.1. The SMILES string of the molecule is Clc1ncc(Cc2ccncc2)cn1. The molecule has 2 aromatic heterocycles. The number of nitrogens with zero attached hydrogens (tertiary/aromatic N) is 3. The number of halogens is 1. The lowest BCUT2D eigenvalue weighted by Gasteiger charge is -1.99. The molecule has 0 aliphatic carbocycles. The molecule has 0 radical (unpaired) electrons. The minimum Gasteiger partial charge on any atom is -0.265 e. The lowest BCUT2D eigenvalue weighted by atomic mass is 10.1. The van der Waals surface area contributed by atoms with E-state index in [1.165, 1.54) is 5.56 Å². The zero-order valence-electron chi connectivity index (χ0n) is 7.39. The molecule has 0 unspecified atom stereocenters. The Morgan fingerprint density at radius 1 is 1.00 bits per heavy atom. The molecule has 0 saturated heterocycles. The van der Waals surface area contributed by atoms with Gasteiger partial charge in [-0.05, 0) is 34.9 Å². The predicted octanol–water partition coefficient (Wildman–Crippen LogP) is 2.12. The summed E-state index contributed by atoms with van der Waals surface area (Å²) in [4.78, 5) is 11.8. The van der Waals surface area contributed by atoms with E-state index in [1.54, 1.807) is 24.8 Å². The van der Waals surface area contributed by atoms with Gasteiger partial charge in [-0.2, -0.15) is 0 Å². The van der Waals surface area contributed by atoms with Gasteiger partial charge in [0.1, 0.15) is 0 Å². The summed E-state index contributed by atoms with van der Waals surface area (Å²) in [5.41, 5.74) is 2.23. The molecule has 2 heterocycles. The van der Waals surface area contributed by atoms with Crippen molar-refractivity contribution in [2.24, 2.45) is 0 Å². The van der Waals surface area contributed by atoms with E-state index in [2.05, 4.69) is 15.0 Å². The number of hydrogen-bond acceptors (Lipinski definition) is 3. The lowest BCUT2D eigenvalue weighted by molar-refractivity contribution is 1.06. The van der Waals surface area contributed by atoms with Crippen molar-refractivity contribution in [2.75, 3.05) is 0 Å². The van der Waals surface area contributed by atoms with Crippen LogP contribution in [0, 0.1) is 0 Å². The predicted molar refractivity (Wildman–Crippen MR) is 54.1 cm³/mol. The van der Waals surface area contributed by atoms with Gasteiger partial charge in [0.05, 0.1) is 0 Å². The van der Waals surface area contributed by atoms with Gasteiger partial charge in [-0.15, -0.1) is 0 Å². The van der Waals surface area contributed by atoms with Crippen LogP contribution >= 0.6 is 11.6 Å². The molecular formula is C10H8ClN3. The van der Waals surface area contributed by atoms with Gasteiger partial charge in [-0.3, -0.25) is 4.98 Å². The number of pyridine rings is 1. The second-order valence-electron chi connectivity index (χ2n) is 2.89. The van der Waals surface area contributed by atoms with Crippen LogP contribution in [-0.2, 0) is 6.42 Å². The first-order valence-corrected chi connectivity index (χ1v) is 4.58.